The van der Waals surface area contributed by atoms with Crippen molar-refractivity contribution in [3.63, 3.8) is 0 Å². The summed E-state index contributed by atoms with van der Waals surface area (Å²) in [6.45, 7) is 11.4. The summed E-state index contributed by atoms with van der Waals surface area (Å²) in [7, 11) is 0. The molecule has 2 atom stereocenters. The Morgan fingerprint density at radius 3 is 1.18 bits per heavy atom. The Morgan fingerprint density at radius 1 is 0.773 bits per heavy atom. The average Bonchev–Trinajstić information content (AvgIpc) is 2.40. The van der Waals surface area contributed by atoms with Crippen LogP contribution < -0.4 is 0 Å². The SMILES string of the molecule is CCCCC(C(=O)O)(C(C)C)C(CCCC)(C(=O)O)C(C)C. The van der Waals surface area contributed by atoms with Crippen molar-refractivity contribution in [2.24, 2.45) is 22.7 Å². The molecule has 0 heterocycles. The Bertz CT molecular complexity index is 339. The molecule has 0 aliphatic rings. The predicted octanol–water partition coefficient (Wildman–Crippen LogP) is 4.82. The van der Waals surface area contributed by atoms with E-state index in [1.807, 2.05) is 41.5 Å². The molecule has 4 nitrogen and oxygen atoms in total. The Labute approximate surface area is 135 Å². The topological polar surface area (TPSA) is 74.6 Å². The number of aliphatic carboxylic acids is 2. The molecular weight excluding hydrogens is 280 g/mol. The van der Waals surface area contributed by atoms with Crippen LogP contribution in [0.5, 0.6) is 0 Å². The van der Waals surface area contributed by atoms with E-state index in [0.29, 0.717) is 12.8 Å². The fourth-order valence-electron chi connectivity index (χ4n) is 4.05. The van der Waals surface area contributed by atoms with Gasteiger partial charge in [-0.05, 0) is 24.7 Å². The third-order valence-electron chi connectivity index (χ3n) is 5.38. The van der Waals surface area contributed by atoms with Gasteiger partial charge >= 0.3 is 11.9 Å². The van der Waals surface area contributed by atoms with E-state index in [1.54, 1.807) is 0 Å². The molecule has 0 aliphatic carbocycles. The molecular formula is C18H34O4. The van der Waals surface area contributed by atoms with E-state index < -0.39 is 22.8 Å². The summed E-state index contributed by atoms with van der Waals surface area (Å²) in [5.41, 5.74) is -2.45. The summed E-state index contributed by atoms with van der Waals surface area (Å²) in [5.74, 6) is -2.37. The van der Waals surface area contributed by atoms with Gasteiger partial charge in [0, 0.05) is 0 Å². The molecule has 0 fully saturated rings. The monoisotopic (exact) mass is 314 g/mol. The summed E-state index contributed by atoms with van der Waals surface area (Å²) >= 11 is 0. The van der Waals surface area contributed by atoms with Crippen LogP contribution in [0, 0.1) is 22.7 Å². The lowest BCUT2D eigenvalue weighted by Gasteiger charge is -2.50. The van der Waals surface area contributed by atoms with Crippen LogP contribution in [0.3, 0.4) is 0 Å². The molecule has 22 heavy (non-hydrogen) atoms. The molecule has 4 heteroatoms. The first kappa shape index (κ1) is 20.9. The molecule has 0 aromatic heterocycles. The zero-order valence-corrected chi connectivity index (χ0v) is 15.1. The zero-order chi connectivity index (χ0) is 17.6. The van der Waals surface area contributed by atoms with Gasteiger partial charge in [-0.3, -0.25) is 9.59 Å². The minimum Gasteiger partial charge on any atom is -0.481 e. The zero-order valence-electron chi connectivity index (χ0n) is 15.1. The normalized spacial score (nSPS) is 17.3. The number of hydrogen-bond acceptors (Lipinski definition) is 2. The van der Waals surface area contributed by atoms with Crippen molar-refractivity contribution < 1.29 is 19.8 Å². The second-order valence-electron chi connectivity index (χ2n) is 7.07. The van der Waals surface area contributed by atoms with Gasteiger partial charge in [0.15, 0.2) is 0 Å². The minimum atomic E-state index is -1.22. The van der Waals surface area contributed by atoms with Crippen LogP contribution in [-0.2, 0) is 9.59 Å². The molecule has 0 rings (SSSR count). The van der Waals surface area contributed by atoms with Crippen LogP contribution in [0.25, 0.3) is 0 Å². The van der Waals surface area contributed by atoms with E-state index in [9.17, 15) is 19.8 Å². The quantitative estimate of drug-likeness (QED) is 0.573. The van der Waals surface area contributed by atoms with Crippen LogP contribution in [-0.4, -0.2) is 22.2 Å². The number of carbonyl (C=O) groups is 2. The van der Waals surface area contributed by atoms with Crippen LogP contribution in [0.1, 0.15) is 80.1 Å². The second-order valence-corrected chi connectivity index (χ2v) is 7.07. The van der Waals surface area contributed by atoms with Gasteiger partial charge in [0.05, 0.1) is 10.8 Å². The fourth-order valence-corrected chi connectivity index (χ4v) is 4.05. The number of carboxylic acids is 2. The molecule has 2 unspecified atom stereocenters. The Morgan fingerprint density at radius 2 is 1.05 bits per heavy atom. The Balaban J connectivity index is 6.34. The van der Waals surface area contributed by atoms with Gasteiger partial charge in [-0.25, -0.2) is 0 Å². The van der Waals surface area contributed by atoms with E-state index in [1.165, 1.54) is 0 Å². The lowest BCUT2D eigenvalue weighted by atomic mass is 9.50. The molecule has 0 amide bonds. The summed E-state index contributed by atoms with van der Waals surface area (Å²) in [6, 6.07) is 0. The highest BCUT2D eigenvalue weighted by atomic mass is 16.4. The molecule has 0 spiro atoms. The van der Waals surface area contributed by atoms with Gasteiger partial charge in [-0.1, -0.05) is 67.2 Å². The third-order valence-corrected chi connectivity index (χ3v) is 5.38. The molecule has 2 N–H and O–H groups in total. The minimum absolute atomic E-state index is 0.230. The van der Waals surface area contributed by atoms with Crippen LogP contribution in [0.15, 0.2) is 0 Å². The first-order valence-electron chi connectivity index (χ1n) is 8.61. The van der Waals surface area contributed by atoms with Crippen molar-refractivity contribution in [2.45, 2.75) is 80.1 Å². The van der Waals surface area contributed by atoms with E-state index in [2.05, 4.69) is 0 Å². The predicted molar refractivity (Wildman–Crippen MR) is 88.9 cm³/mol. The molecule has 0 radical (unpaired) electrons. The van der Waals surface area contributed by atoms with Crippen LogP contribution >= 0.6 is 0 Å². The van der Waals surface area contributed by atoms with Gasteiger partial charge in [-0.2, -0.15) is 0 Å². The van der Waals surface area contributed by atoms with Crippen LogP contribution in [0.2, 0.25) is 0 Å². The van der Waals surface area contributed by atoms with Gasteiger partial charge < -0.3 is 10.2 Å². The van der Waals surface area contributed by atoms with Crippen molar-refractivity contribution in [3.8, 4) is 0 Å². The summed E-state index contributed by atoms with van der Waals surface area (Å²) < 4.78 is 0. The van der Waals surface area contributed by atoms with Crippen molar-refractivity contribution >= 4 is 11.9 Å². The average molecular weight is 314 g/mol. The standard InChI is InChI=1S/C18H34O4/c1-7-9-11-17(13(3)4,15(19)20)18(14(5)6,16(21)22)12-10-8-2/h13-14H,7-12H2,1-6H3,(H,19,20)(H,21,22). The summed E-state index contributed by atoms with van der Waals surface area (Å²) in [6.07, 6.45) is 4.04. The maximum Gasteiger partial charge on any atom is 0.311 e. The highest BCUT2D eigenvalue weighted by molar-refractivity contribution is 5.87. The molecule has 0 saturated carbocycles. The third kappa shape index (κ3) is 3.47. The van der Waals surface area contributed by atoms with E-state index in [-0.39, 0.29) is 11.8 Å². The molecule has 0 aliphatic heterocycles. The molecule has 0 aromatic carbocycles. The maximum absolute atomic E-state index is 12.3. The number of unbranched alkanes of at least 4 members (excludes halogenated alkanes) is 2. The van der Waals surface area contributed by atoms with Crippen molar-refractivity contribution in [3.05, 3.63) is 0 Å². The summed E-state index contributed by atoms with van der Waals surface area (Å²) in [4.78, 5) is 24.6. The molecule has 130 valence electrons. The lowest BCUT2D eigenvalue weighted by Crippen LogP contribution is -2.58. The van der Waals surface area contributed by atoms with Gasteiger partial charge in [0.1, 0.15) is 0 Å². The van der Waals surface area contributed by atoms with E-state index in [0.717, 1.165) is 25.7 Å². The molecule has 0 saturated heterocycles. The second kappa shape index (κ2) is 8.54. The molecule has 0 bridgehead atoms. The Hall–Kier alpha value is -1.06. The number of carboxylic acid groups (broad SMARTS) is 2. The molecule has 0 aromatic rings. The van der Waals surface area contributed by atoms with Crippen LogP contribution in [0.4, 0.5) is 0 Å². The maximum atomic E-state index is 12.3. The van der Waals surface area contributed by atoms with Gasteiger partial charge in [0.2, 0.25) is 0 Å². The highest BCUT2D eigenvalue weighted by Crippen LogP contribution is 2.56. The van der Waals surface area contributed by atoms with Crippen molar-refractivity contribution in [1.29, 1.82) is 0 Å². The van der Waals surface area contributed by atoms with Crippen molar-refractivity contribution in [2.75, 3.05) is 0 Å². The van der Waals surface area contributed by atoms with E-state index >= 15 is 0 Å². The smallest absolute Gasteiger partial charge is 0.311 e. The van der Waals surface area contributed by atoms with Crippen molar-refractivity contribution in [1.82, 2.24) is 0 Å². The van der Waals surface area contributed by atoms with Gasteiger partial charge in [0.25, 0.3) is 0 Å². The Kier molecular flexibility index (Phi) is 8.13. The van der Waals surface area contributed by atoms with E-state index in [4.69, 9.17) is 0 Å². The largest absolute Gasteiger partial charge is 0.481 e. The number of hydrogen-bond donors (Lipinski definition) is 2. The van der Waals surface area contributed by atoms with Gasteiger partial charge in [-0.15, -0.1) is 0 Å². The first-order valence-corrected chi connectivity index (χ1v) is 8.61. The lowest BCUT2D eigenvalue weighted by molar-refractivity contribution is -0.188. The highest BCUT2D eigenvalue weighted by Gasteiger charge is 2.63. The fraction of sp³-hybridized carbons (Fsp3) is 0.889. The number of rotatable bonds is 11. The summed E-state index contributed by atoms with van der Waals surface area (Å²) in [5, 5.41) is 20.2. The first-order chi connectivity index (χ1) is 10.1.